The maximum Gasteiger partial charge on any atom is 0.123 e. The summed E-state index contributed by atoms with van der Waals surface area (Å²) in [4.78, 5) is 0. The number of phenolic OH excluding ortho intramolecular Hbond substituents is 1. The Morgan fingerprint density at radius 3 is 2.60 bits per heavy atom. The molecule has 84 valence electrons. The van der Waals surface area contributed by atoms with Crippen LogP contribution >= 0.6 is 11.6 Å². The van der Waals surface area contributed by atoms with Crippen LogP contribution in [0.1, 0.15) is 30.5 Å². The molecule has 0 fully saturated rings. The molecule has 0 saturated carbocycles. The molecule has 0 saturated heterocycles. The predicted octanol–water partition coefficient (Wildman–Crippen LogP) is 2.12. The number of aromatic hydroxyl groups is 1. The number of hydrogen-bond acceptors (Lipinski definition) is 3. The Morgan fingerprint density at radius 2 is 2.07 bits per heavy atom. The summed E-state index contributed by atoms with van der Waals surface area (Å²) in [5.74, 6) is 0.111. The number of aryl methyl sites for hydroxylation is 1. The SMILES string of the molecule is CC[C@@H](O)[C@@H](N)c1cc(Cl)cc(C)c1O. The average molecular weight is 230 g/mol. The van der Waals surface area contributed by atoms with Crippen LogP contribution in [0.4, 0.5) is 0 Å². The van der Waals surface area contributed by atoms with Crippen LogP contribution in [-0.4, -0.2) is 16.3 Å². The molecule has 0 aliphatic heterocycles. The first-order valence-electron chi connectivity index (χ1n) is 4.90. The molecule has 1 aromatic rings. The van der Waals surface area contributed by atoms with Crippen molar-refractivity contribution in [1.82, 2.24) is 0 Å². The van der Waals surface area contributed by atoms with E-state index in [1.54, 1.807) is 19.1 Å². The third-order valence-electron chi connectivity index (χ3n) is 2.49. The van der Waals surface area contributed by atoms with Gasteiger partial charge in [-0.15, -0.1) is 0 Å². The fourth-order valence-corrected chi connectivity index (χ4v) is 1.76. The Kier molecular flexibility index (Phi) is 3.97. The molecule has 0 bridgehead atoms. The second-order valence-electron chi connectivity index (χ2n) is 3.66. The lowest BCUT2D eigenvalue weighted by atomic mass is 9.98. The van der Waals surface area contributed by atoms with Crippen molar-refractivity contribution in [2.24, 2.45) is 5.73 Å². The van der Waals surface area contributed by atoms with Crippen LogP contribution in [0.5, 0.6) is 5.75 Å². The highest BCUT2D eigenvalue weighted by Gasteiger charge is 2.19. The van der Waals surface area contributed by atoms with E-state index >= 15 is 0 Å². The first-order chi connectivity index (χ1) is 6.97. The smallest absolute Gasteiger partial charge is 0.123 e. The fourth-order valence-electron chi connectivity index (χ4n) is 1.48. The number of aliphatic hydroxyl groups excluding tert-OH is 1. The van der Waals surface area contributed by atoms with Gasteiger partial charge in [-0.1, -0.05) is 18.5 Å². The first-order valence-corrected chi connectivity index (χ1v) is 5.27. The topological polar surface area (TPSA) is 66.5 Å². The minimum atomic E-state index is -0.672. The van der Waals surface area contributed by atoms with E-state index in [1.807, 2.05) is 6.92 Å². The van der Waals surface area contributed by atoms with Crippen LogP contribution < -0.4 is 5.73 Å². The van der Waals surface area contributed by atoms with E-state index in [9.17, 15) is 10.2 Å². The molecule has 0 spiro atoms. The molecule has 4 N–H and O–H groups in total. The zero-order chi connectivity index (χ0) is 11.6. The van der Waals surface area contributed by atoms with Gasteiger partial charge in [-0.3, -0.25) is 0 Å². The van der Waals surface area contributed by atoms with Crippen molar-refractivity contribution in [1.29, 1.82) is 0 Å². The van der Waals surface area contributed by atoms with Crippen LogP contribution in [0.15, 0.2) is 12.1 Å². The molecule has 3 nitrogen and oxygen atoms in total. The van der Waals surface area contributed by atoms with E-state index in [0.29, 0.717) is 22.6 Å². The maximum atomic E-state index is 9.79. The Labute approximate surface area is 94.5 Å². The number of nitrogens with two attached hydrogens (primary N) is 1. The van der Waals surface area contributed by atoms with Crippen molar-refractivity contribution < 1.29 is 10.2 Å². The zero-order valence-electron chi connectivity index (χ0n) is 8.87. The van der Waals surface area contributed by atoms with Gasteiger partial charge in [0.15, 0.2) is 0 Å². The number of aliphatic hydroxyl groups is 1. The Morgan fingerprint density at radius 1 is 1.47 bits per heavy atom. The van der Waals surface area contributed by atoms with E-state index in [0.717, 1.165) is 0 Å². The quantitative estimate of drug-likeness (QED) is 0.744. The standard InChI is InChI=1S/C11H16ClNO2/c1-3-9(14)10(13)8-5-7(12)4-6(2)11(8)15/h4-5,9-10,14-15H,3,13H2,1-2H3/t9-,10+/m1/s1. The second kappa shape index (κ2) is 4.84. The van der Waals surface area contributed by atoms with Crippen molar-refractivity contribution in [3.63, 3.8) is 0 Å². The van der Waals surface area contributed by atoms with Crippen LogP contribution in [0, 0.1) is 6.92 Å². The Balaban J connectivity index is 3.13. The highest BCUT2D eigenvalue weighted by molar-refractivity contribution is 6.30. The molecule has 0 aliphatic carbocycles. The van der Waals surface area contributed by atoms with E-state index < -0.39 is 12.1 Å². The summed E-state index contributed by atoms with van der Waals surface area (Å²) < 4.78 is 0. The van der Waals surface area contributed by atoms with Gasteiger partial charge >= 0.3 is 0 Å². The second-order valence-corrected chi connectivity index (χ2v) is 4.10. The summed E-state index contributed by atoms with van der Waals surface area (Å²) in [5.41, 5.74) is 6.98. The predicted molar refractivity (Wildman–Crippen MR) is 61.1 cm³/mol. The summed E-state index contributed by atoms with van der Waals surface area (Å²) >= 11 is 5.87. The molecule has 0 aromatic heterocycles. The molecular weight excluding hydrogens is 214 g/mol. The van der Waals surface area contributed by atoms with Crippen LogP contribution in [0.2, 0.25) is 5.02 Å². The van der Waals surface area contributed by atoms with Crippen molar-refractivity contribution in [2.75, 3.05) is 0 Å². The molecule has 0 unspecified atom stereocenters. The monoisotopic (exact) mass is 229 g/mol. The lowest BCUT2D eigenvalue weighted by Crippen LogP contribution is -2.25. The number of benzene rings is 1. The summed E-state index contributed by atoms with van der Waals surface area (Å²) in [6.07, 6.45) is -0.139. The molecule has 0 amide bonds. The number of phenols is 1. The number of hydrogen-bond donors (Lipinski definition) is 3. The van der Waals surface area contributed by atoms with Crippen LogP contribution in [0.25, 0.3) is 0 Å². The van der Waals surface area contributed by atoms with Gasteiger partial charge in [0.2, 0.25) is 0 Å². The van der Waals surface area contributed by atoms with Gasteiger partial charge in [-0.05, 0) is 31.0 Å². The number of rotatable bonds is 3. The summed E-state index contributed by atoms with van der Waals surface area (Å²) in [6.45, 7) is 3.58. The molecule has 0 radical (unpaired) electrons. The normalized spacial score (nSPS) is 15.0. The minimum Gasteiger partial charge on any atom is -0.507 e. The highest BCUT2D eigenvalue weighted by atomic mass is 35.5. The molecule has 4 heteroatoms. The summed E-state index contributed by atoms with van der Waals surface area (Å²) in [5, 5.41) is 19.9. The Bertz CT molecular complexity index is 355. The van der Waals surface area contributed by atoms with Crippen LogP contribution in [0.3, 0.4) is 0 Å². The van der Waals surface area contributed by atoms with Gasteiger partial charge in [0.1, 0.15) is 5.75 Å². The van der Waals surface area contributed by atoms with E-state index in [-0.39, 0.29) is 5.75 Å². The van der Waals surface area contributed by atoms with Gasteiger partial charge in [0, 0.05) is 10.6 Å². The van der Waals surface area contributed by atoms with Gasteiger partial charge in [0.25, 0.3) is 0 Å². The maximum absolute atomic E-state index is 9.79. The zero-order valence-corrected chi connectivity index (χ0v) is 9.62. The van der Waals surface area contributed by atoms with E-state index in [2.05, 4.69) is 0 Å². The fraction of sp³-hybridized carbons (Fsp3) is 0.455. The molecule has 15 heavy (non-hydrogen) atoms. The molecule has 1 aromatic carbocycles. The Hall–Kier alpha value is -0.770. The van der Waals surface area contributed by atoms with Gasteiger partial charge < -0.3 is 15.9 Å². The summed E-state index contributed by atoms with van der Waals surface area (Å²) in [6, 6.07) is 2.64. The molecular formula is C11H16ClNO2. The van der Waals surface area contributed by atoms with E-state index in [1.165, 1.54) is 0 Å². The van der Waals surface area contributed by atoms with Gasteiger partial charge in [-0.25, -0.2) is 0 Å². The lowest BCUT2D eigenvalue weighted by molar-refractivity contribution is 0.139. The third-order valence-corrected chi connectivity index (χ3v) is 2.70. The largest absolute Gasteiger partial charge is 0.507 e. The highest BCUT2D eigenvalue weighted by Crippen LogP contribution is 2.31. The van der Waals surface area contributed by atoms with Crippen molar-refractivity contribution in [3.05, 3.63) is 28.3 Å². The molecule has 1 rings (SSSR count). The molecule has 2 atom stereocenters. The first kappa shape index (κ1) is 12.3. The average Bonchev–Trinajstić information content (AvgIpc) is 2.21. The summed E-state index contributed by atoms with van der Waals surface area (Å²) in [7, 11) is 0. The van der Waals surface area contributed by atoms with E-state index in [4.69, 9.17) is 17.3 Å². The molecule has 0 heterocycles. The van der Waals surface area contributed by atoms with Gasteiger partial charge in [0.05, 0.1) is 12.1 Å². The van der Waals surface area contributed by atoms with Crippen molar-refractivity contribution >= 4 is 11.6 Å². The molecule has 0 aliphatic rings. The lowest BCUT2D eigenvalue weighted by Gasteiger charge is -2.19. The third kappa shape index (κ3) is 2.62. The van der Waals surface area contributed by atoms with Crippen LogP contribution in [-0.2, 0) is 0 Å². The van der Waals surface area contributed by atoms with Crippen molar-refractivity contribution in [2.45, 2.75) is 32.4 Å². The van der Waals surface area contributed by atoms with Crippen molar-refractivity contribution in [3.8, 4) is 5.75 Å². The van der Waals surface area contributed by atoms with Gasteiger partial charge in [-0.2, -0.15) is 0 Å². The minimum absolute atomic E-state index is 0.111. The number of halogens is 1.